The molecular weight excluding hydrogens is 172 g/mol. The lowest BCUT2D eigenvalue weighted by atomic mass is 10.4. The third-order valence-corrected chi connectivity index (χ3v) is 1.94. The van der Waals surface area contributed by atoms with Gasteiger partial charge in [0.2, 0.25) is 0 Å². The van der Waals surface area contributed by atoms with Crippen LogP contribution in [0, 0.1) is 11.8 Å². The largest absolute Gasteiger partial charge is 0.473 e. The van der Waals surface area contributed by atoms with Crippen molar-refractivity contribution in [1.82, 2.24) is 4.98 Å². The summed E-state index contributed by atoms with van der Waals surface area (Å²) in [7, 11) is 1.59. The van der Waals surface area contributed by atoms with Gasteiger partial charge in [0.15, 0.2) is 0 Å². The molecule has 0 aliphatic heterocycles. The third kappa shape index (κ3) is 2.53. The first kappa shape index (κ1) is 9.04. The molecule has 0 aliphatic rings. The summed E-state index contributed by atoms with van der Waals surface area (Å²) in [5, 5.41) is 2.51. The Labute approximate surface area is 75.6 Å². The molecule has 0 aromatic carbocycles. The molecule has 0 aliphatic carbocycles. The van der Waals surface area contributed by atoms with E-state index in [2.05, 4.69) is 16.8 Å². The summed E-state index contributed by atoms with van der Waals surface area (Å²) in [5.41, 5.74) is 6.03. The lowest BCUT2D eigenvalue weighted by molar-refractivity contribution is 0.411. The van der Waals surface area contributed by atoms with E-state index in [1.807, 2.05) is 5.38 Å². The summed E-state index contributed by atoms with van der Waals surface area (Å²) in [6, 6.07) is 0. The average Bonchev–Trinajstić information content (AvgIpc) is 2.53. The van der Waals surface area contributed by atoms with Crippen LogP contribution in [0.25, 0.3) is 0 Å². The van der Waals surface area contributed by atoms with E-state index < -0.39 is 0 Å². The molecule has 1 aromatic heterocycles. The Morgan fingerprint density at radius 2 is 2.58 bits per heavy atom. The molecule has 64 valence electrons. The predicted octanol–water partition coefficient (Wildman–Crippen LogP) is 0.852. The van der Waals surface area contributed by atoms with Gasteiger partial charge in [-0.05, 0) is 5.92 Å². The zero-order valence-corrected chi connectivity index (χ0v) is 7.65. The highest BCUT2D eigenvalue weighted by molar-refractivity contribution is 7.11. The molecule has 0 unspecified atom stereocenters. The van der Waals surface area contributed by atoms with Crippen LogP contribution >= 0.6 is 11.3 Å². The van der Waals surface area contributed by atoms with Crippen LogP contribution in [0.15, 0.2) is 5.38 Å². The maximum Gasteiger partial charge on any atom is 0.274 e. The molecule has 0 amide bonds. The molecule has 4 heteroatoms. The van der Waals surface area contributed by atoms with Crippen LogP contribution in [0.5, 0.6) is 5.19 Å². The molecule has 1 rings (SSSR count). The minimum Gasteiger partial charge on any atom is -0.473 e. The minimum absolute atomic E-state index is 0.592. The van der Waals surface area contributed by atoms with E-state index in [4.69, 9.17) is 10.5 Å². The molecule has 1 aromatic rings. The van der Waals surface area contributed by atoms with Crippen molar-refractivity contribution in [2.75, 3.05) is 13.7 Å². The summed E-state index contributed by atoms with van der Waals surface area (Å²) >= 11 is 1.44. The van der Waals surface area contributed by atoms with Crippen molar-refractivity contribution in [3.63, 3.8) is 0 Å². The Kier molecular flexibility index (Phi) is 3.58. The first-order valence-corrected chi connectivity index (χ1v) is 4.43. The van der Waals surface area contributed by atoms with Gasteiger partial charge < -0.3 is 10.5 Å². The SMILES string of the molecule is COc1nc(C#CCCN)cs1. The zero-order chi connectivity index (χ0) is 8.81. The molecule has 1 heterocycles. The van der Waals surface area contributed by atoms with Crippen LogP contribution in [0.2, 0.25) is 0 Å². The van der Waals surface area contributed by atoms with Crippen LogP contribution in [0.1, 0.15) is 12.1 Å². The van der Waals surface area contributed by atoms with E-state index in [0.29, 0.717) is 18.2 Å². The van der Waals surface area contributed by atoms with Gasteiger partial charge in [-0.2, -0.15) is 4.98 Å². The fourth-order valence-electron chi connectivity index (χ4n) is 0.634. The number of rotatable bonds is 2. The van der Waals surface area contributed by atoms with E-state index in [1.54, 1.807) is 7.11 Å². The van der Waals surface area contributed by atoms with Crippen molar-refractivity contribution in [3.05, 3.63) is 11.1 Å². The van der Waals surface area contributed by atoms with Crippen LogP contribution in [0.3, 0.4) is 0 Å². The van der Waals surface area contributed by atoms with E-state index in [1.165, 1.54) is 11.3 Å². The molecule has 0 fully saturated rings. The quantitative estimate of drug-likeness (QED) is 0.690. The maximum absolute atomic E-state index is 5.28. The van der Waals surface area contributed by atoms with Crippen molar-refractivity contribution in [3.8, 4) is 17.0 Å². The number of methoxy groups -OCH3 is 1. The normalized spacial score (nSPS) is 8.83. The number of aromatic nitrogens is 1. The third-order valence-electron chi connectivity index (χ3n) is 1.14. The van der Waals surface area contributed by atoms with E-state index >= 15 is 0 Å². The van der Waals surface area contributed by atoms with Crippen LogP contribution in [-0.2, 0) is 0 Å². The smallest absolute Gasteiger partial charge is 0.274 e. The molecule has 0 radical (unpaired) electrons. The molecule has 0 saturated carbocycles. The van der Waals surface area contributed by atoms with Gasteiger partial charge in [-0.25, -0.2) is 0 Å². The fourth-order valence-corrected chi connectivity index (χ4v) is 1.21. The lowest BCUT2D eigenvalue weighted by Crippen LogP contribution is -1.95. The summed E-state index contributed by atoms with van der Waals surface area (Å²) < 4.78 is 4.92. The number of hydrogen-bond donors (Lipinski definition) is 1. The van der Waals surface area contributed by atoms with E-state index in [-0.39, 0.29) is 0 Å². The second-order valence-electron chi connectivity index (χ2n) is 2.04. The first-order chi connectivity index (χ1) is 5.86. The Balaban J connectivity index is 2.59. The van der Waals surface area contributed by atoms with E-state index in [0.717, 1.165) is 5.69 Å². The zero-order valence-electron chi connectivity index (χ0n) is 6.83. The number of thiazole rings is 1. The number of nitrogens with zero attached hydrogens (tertiary/aromatic N) is 1. The van der Waals surface area contributed by atoms with Crippen molar-refractivity contribution in [2.45, 2.75) is 6.42 Å². The topological polar surface area (TPSA) is 48.1 Å². The van der Waals surface area contributed by atoms with Gasteiger partial charge in [0.05, 0.1) is 7.11 Å². The molecule has 0 spiro atoms. The highest BCUT2D eigenvalue weighted by Crippen LogP contribution is 2.15. The molecule has 0 atom stereocenters. The van der Waals surface area contributed by atoms with Crippen LogP contribution in [0.4, 0.5) is 0 Å². The lowest BCUT2D eigenvalue weighted by Gasteiger charge is -1.85. The maximum atomic E-state index is 5.28. The van der Waals surface area contributed by atoms with Gasteiger partial charge in [0.1, 0.15) is 5.69 Å². The van der Waals surface area contributed by atoms with Gasteiger partial charge >= 0.3 is 0 Å². The Morgan fingerprint density at radius 1 is 1.75 bits per heavy atom. The molecule has 2 N–H and O–H groups in total. The van der Waals surface area contributed by atoms with Crippen molar-refractivity contribution < 1.29 is 4.74 Å². The van der Waals surface area contributed by atoms with Gasteiger partial charge in [-0.1, -0.05) is 17.3 Å². The number of ether oxygens (including phenoxy) is 1. The first-order valence-electron chi connectivity index (χ1n) is 3.55. The van der Waals surface area contributed by atoms with Gasteiger partial charge in [0, 0.05) is 18.3 Å². The molecule has 12 heavy (non-hydrogen) atoms. The highest BCUT2D eigenvalue weighted by atomic mass is 32.1. The van der Waals surface area contributed by atoms with Crippen molar-refractivity contribution in [1.29, 1.82) is 0 Å². The van der Waals surface area contributed by atoms with Crippen LogP contribution < -0.4 is 10.5 Å². The number of nitrogens with two attached hydrogens (primary N) is 1. The van der Waals surface area contributed by atoms with Crippen molar-refractivity contribution in [2.24, 2.45) is 5.73 Å². The number of hydrogen-bond acceptors (Lipinski definition) is 4. The minimum atomic E-state index is 0.592. The van der Waals surface area contributed by atoms with Gasteiger partial charge in [0.25, 0.3) is 5.19 Å². The summed E-state index contributed by atoms with van der Waals surface area (Å²) in [6.07, 6.45) is 0.708. The summed E-state index contributed by atoms with van der Waals surface area (Å²) in [6.45, 7) is 0.592. The standard InChI is InChI=1S/C8H10N2OS/c1-11-8-10-7(6-12-8)4-2-3-5-9/h6H,3,5,9H2,1H3. The predicted molar refractivity (Wildman–Crippen MR) is 49.2 cm³/mol. The second kappa shape index (κ2) is 4.75. The summed E-state index contributed by atoms with van der Waals surface area (Å²) in [5.74, 6) is 5.79. The monoisotopic (exact) mass is 182 g/mol. The Morgan fingerprint density at radius 3 is 3.17 bits per heavy atom. The molecule has 0 saturated heterocycles. The molecular formula is C8H10N2OS. The highest BCUT2D eigenvalue weighted by Gasteiger charge is 1.96. The van der Waals surface area contributed by atoms with Gasteiger partial charge in [-0.15, -0.1) is 0 Å². The average molecular weight is 182 g/mol. The Bertz CT molecular complexity index is 297. The van der Waals surface area contributed by atoms with E-state index in [9.17, 15) is 0 Å². The molecule has 3 nitrogen and oxygen atoms in total. The Hall–Kier alpha value is -1.05. The fraction of sp³-hybridized carbons (Fsp3) is 0.375. The second-order valence-corrected chi connectivity index (χ2v) is 2.86. The van der Waals surface area contributed by atoms with Gasteiger partial charge in [-0.3, -0.25) is 0 Å². The van der Waals surface area contributed by atoms with Crippen molar-refractivity contribution >= 4 is 11.3 Å². The molecule has 0 bridgehead atoms. The van der Waals surface area contributed by atoms with Crippen LogP contribution in [-0.4, -0.2) is 18.6 Å². The summed E-state index contributed by atoms with van der Waals surface area (Å²) in [4.78, 5) is 4.08.